The second-order valence-corrected chi connectivity index (χ2v) is 4.83. The van der Waals surface area contributed by atoms with E-state index in [9.17, 15) is 4.79 Å². The van der Waals surface area contributed by atoms with Crippen molar-refractivity contribution in [2.45, 2.75) is 12.0 Å². The number of halogens is 1. The summed E-state index contributed by atoms with van der Waals surface area (Å²) in [4.78, 5) is 11.7. The van der Waals surface area contributed by atoms with Gasteiger partial charge >= 0.3 is 5.97 Å². The zero-order valence-electron chi connectivity index (χ0n) is 8.05. The minimum Gasteiger partial charge on any atom is -0.449 e. The first kappa shape index (κ1) is 9.36. The summed E-state index contributed by atoms with van der Waals surface area (Å²) in [7, 11) is 0. The Morgan fingerprint density at radius 1 is 1.47 bits per heavy atom. The van der Waals surface area contributed by atoms with Gasteiger partial charge in [0, 0.05) is 23.0 Å². The fraction of sp³-hybridized carbons (Fsp3) is 0.364. The van der Waals surface area contributed by atoms with E-state index in [0.717, 1.165) is 23.0 Å². The molecule has 0 bridgehead atoms. The van der Waals surface area contributed by atoms with Gasteiger partial charge in [0.15, 0.2) is 5.60 Å². The van der Waals surface area contributed by atoms with Gasteiger partial charge in [0.2, 0.25) is 0 Å². The number of esters is 1. The van der Waals surface area contributed by atoms with Crippen molar-refractivity contribution in [3.05, 3.63) is 33.8 Å². The maximum absolute atomic E-state index is 11.7. The quantitative estimate of drug-likeness (QED) is 0.729. The first-order chi connectivity index (χ1) is 7.23. The molecule has 0 aromatic heterocycles. The summed E-state index contributed by atoms with van der Waals surface area (Å²) in [6.45, 7) is 1.61. The van der Waals surface area contributed by atoms with Crippen LogP contribution in [0.4, 0.5) is 0 Å². The molecule has 1 aromatic carbocycles. The minimum atomic E-state index is -0.424. The molecule has 1 atom stereocenters. The lowest BCUT2D eigenvalue weighted by molar-refractivity contribution is 0.00142. The highest BCUT2D eigenvalue weighted by molar-refractivity contribution is 9.10. The third-order valence-electron chi connectivity index (χ3n) is 3.09. The molecule has 1 N–H and O–H groups in total. The summed E-state index contributed by atoms with van der Waals surface area (Å²) in [6, 6.07) is 5.65. The van der Waals surface area contributed by atoms with Crippen molar-refractivity contribution in [1.29, 1.82) is 0 Å². The Bertz CT molecular complexity index is 438. The number of rotatable bonds is 0. The van der Waals surface area contributed by atoms with Gasteiger partial charge in [-0.3, -0.25) is 0 Å². The Labute approximate surface area is 95.9 Å². The number of carbonyl (C=O) groups is 1. The van der Waals surface area contributed by atoms with E-state index in [4.69, 9.17) is 4.74 Å². The third kappa shape index (κ3) is 1.18. The molecule has 0 aliphatic carbocycles. The fourth-order valence-electron chi connectivity index (χ4n) is 2.41. The summed E-state index contributed by atoms with van der Waals surface area (Å²) in [5, 5.41) is 3.25. The first-order valence-corrected chi connectivity index (χ1v) is 5.75. The van der Waals surface area contributed by atoms with E-state index in [1.165, 1.54) is 0 Å². The molecule has 3 rings (SSSR count). The van der Waals surface area contributed by atoms with Gasteiger partial charge in [-0.05, 0) is 18.7 Å². The van der Waals surface area contributed by atoms with Crippen LogP contribution in [0.5, 0.6) is 0 Å². The summed E-state index contributed by atoms with van der Waals surface area (Å²) in [5.74, 6) is -0.199. The van der Waals surface area contributed by atoms with Crippen LogP contribution in [0.1, 0.15) is 22.3 Å². The molecule has 0 amide bonds. The van der Waals surface area contributed by atoms with Crippen LogP contribution in [0.2, 0.25) is 0 Å². The van der Waals surface area contributed by atoms with Crippen LogP contribution in [-0.4, -0.2) is 19.1 Å². The number of carbonyl (C=O) groups excluding carboxylic acids is 1. The predicted molar refractivity (Wildman–Crippen MR) is 58.7 cm³/mol. The average molecular weight is 268 g/mol. The highest BCUT2D eigenvalue weighted by Crippen LogP contribution is 2.44. The van der Waals surface area contributed by atoms with E-state index in [1.54, 1.807) is 0 Å². The fourth-order valence-corrected chi connectivity index (χ4v) is 3.14. The molecule has 15 heavy (non-hydrogen) atoms. The van der Waals surface area contributed by atoms with E-state index >= 15 is 0 Å². The molecule has 2 heterocycles. The number of nitrogens with one attached hydrogen (secondary N) is 1. The molecule has 1 fully saturated rings. The van der Waals surface area contributed by atoms with Gasteiger partial charge in [-0.1, -0.05) is 22.0 Å². The van der Waals surface area contributed by atoms with Crippen LogP contribution in [-0.2, 0) is 10.3 Å². The van der Waals surface area contributed by atoms with Crippen LogP contribution in [0.25, 0.3) is 0 Å². The Balaban J connectivity index is 2.23. The van der Waals surface area contributed by atoms with Crippen LogP contribution in [0, 0.1) is 0 Å². The van der Waals surface area contributed by atoms with Crippen molar-refractivity contribution in [2.24, 2.45) is 0 Å². The summed E-state index contributed by atoms with van der Waals surface area (Å²) in [5.41, 5.74) is 1.29. The number of hydrogen-bond acceptors (Lipinski definition) is 3. The van der Waals surface area contributed by atoms with E-state index in [0.29, 0.717) is 12.1 Å². The summed E-state index contributed by atoms with van der Waals surface area (Å²) in [6.07, 6.45) is 0.856. The molecule has 0 saturated carbocycles. The summed E-state index contributed by atoms with van der Waals surface area (Å²) < 4.78 is 6.50. The zero-order chi connectivity index (χ0) is 10.5. The number of benzene rings is 1. The van der Waals surface area contributed by atoms with E-state index in [1.807, 2.05) is 18.2 Å². The summed E-state index contributed by atoms with van der Waals surface area (Å²) >= 11 is 3.50. The van der Waals surface area contributed by atoms with Crippen molar-refractivity contribution in [3.63, 3.8) is 0 Å². The molecule has 4 heteroatoms. The lowest BCUT2D eigenvalue weighted by atomic mass is 9.92. The molecule has 1 aromatic rings. The SMILES string of the molecule is O=C1OC2(CCNC2)c2c(Br)cccc21. The lowest BCUT2D eigenvalue weighted by Gasteiger charge is -2.22. The van der Waals surface area contributed by atoms with Crippen LogP contribution >= 0.6 is 15.9 Å². The monoisotopic (exact) mass is 267 g/mol. The predicted octanol–water partition coefficient (Wildman–Crippen LogP) is 1.81. The van der Waals surface area contributed by atoms with Gasteiger partial charge in [0.25, 0.3) is 0 Å². The maximum atomic E-state index is 11.7. The van der Waals surface area contributed by atoms with E-state index in [-0.39, 0.29) is 5.97 Å². The minimum absolute atomic E-state index is 0.199. The Hall–Kier alpha value is -0.870. The molecule has 1 saturated heterocycles. The number of ether oxygens (including phenoxy) is 1. The second-order valence-electron chi connectivity index (χ2n) is 3.97. The molecule has 3 nitrogen and oxygen atoms in total. The van der Waals surface area contributed by atoms with Crippen molar-refractivity contribution in [3.8, 4) is 0 Å². The van der Waals surface area contributed by atoms with Crippen LogP contribution in [0.3, 0.4) is 0 Å². The Kier molecular flexibility index (Phi) is 1.91. The normalized spacial score (nSPS) is 28.2. The number of hydrogen-bond donors (Lipinski definition) is 1. The molecule has 1 unspecified atom stereocenters. The highest BCUT2D eigenvalue weighted by atomic mass is 79.9. The van der Waals surface area contributed by atoms with Gasteiger partial charge in [0.05, 0.1) is 5.56 Å². The van der Waals surface area contributed by atoms with Crippen molar-refractivity contribution in [1.82, 2.24) is 5.32 Å². The van der Waals surface area contributed by atoms with Gasteiger partial charge in [-0.25, -0.2) is 4.79 Å². The largest absolute Gasteiger partial charge is 0.449 e. The van der Waals surface area contributed by atoms with E-state index in [2.05, 4.69) is 21.2 Å². The smallest absolute Gasteiger partial charge is 0.339 e. The topological polar surface area (TPSA) is 38.3 Å². The molecular formula is C11H10BrNO2. The van der Waals surface area contributed by atoms with Crippen molar-refractivity contribution in [2.75, 3.05) is 13.1 Å². The molecule has 78 valence electrons. The Morgan fingerprint density at radius 2 is 2.33 bits per heavy atom. The highest BCUT2D eigenvalue weighted by Gasteiger charge is 2.48. The van der Waals surface area contributed by atoms with Crippen LogP contribution < -0.4 is 5.32 Å². The molecule has 2 aliphatic heterocycles. The number of fused-ring (bicyclic) bond motifs is 2. The van der Waals surface area contributed by atoms with Crippen LogP contribution in [0.15, 0.2) is 22.7 Å². The van der Waals surface area contributed by atoms with Gasteiger partial charge in [-0.2, -0.15) is 0 Å². The van der Waals surface area contributed by atoms with Gasteiger partial charge in [-0.15, -0.1) is 0 Å². The average Bonchev–Trinajstić information content (AvgIpc) is 2.76. The molecule has 0 radical (unpaired) electrons. The van der Waals surface area contributed by atoms with Gasteiger partial charge < -0.3 is 10.1 Å². The van der Waals surface area contributed by atoms with E-state index < -0.39 is 5.60 Å². The second kappa shape index (κ2) is 3.06. The molecule has 1 spiro atoms. The Morgan fingerprint density at radius 3 is 3.07 bits per heavy atom. The molecular weight excluding hydrogens is 258 g/mol. The zero-order valence-corrected chi connectivity index (χ0v) is 9.63. The third-order valence-corrected chi connectivity index (χ3v) is 3.75. The lowest BCUT2D eigenvalue weighted by Crippen LogP contribution is -2.29. The first-order valence-electron chi connectivity index (χ1n) is 4.96. The standard InChI is InChI=1S/C11H10BrNO2/c12-8-3-1-2-7-9(8)11(15-10(7)14)4-5-13-6-11/h1-3,13H,4-6H2. The van der Waals surface area contributed by atoms with Crippen molar-refractivity contribution >= 4 is 21.9 Å². The van der Waals surface area contributed by atoms with Gasteiger partial charge in [0.1, 0.15) is 0 Å². The maximum Gasteiger partial charge on any atom is 0.339 e. The molecule has 2 aliphatic rings. The van der Waals surface area contributed by atoms with Crippen molar-refractivity contribution < 1.29 is 9.53 Å².